The molecule has 3 aromatic rings. The third-order valence-electron chi connectivity index (χ3n) is 5.39. The zero-order valence-corrected chi connectivity index (χ0v) is 18.8. The minimum absolute atomic E-state index is 0.440. The first-order chi connectivity index (χ1) is 14.4. The Balaban J connectivity index is 1.90. The van der Waals surface area contributed by atoms with Crippen molar-refractivity contribution in [1.82, 2.24) is 0 Å². The predicted molar refractivity (Wildman–Crippen MR) is 120 cm³/mol. The molecule has 0 unspecified atom stereocenters. The molecule has 0 atom stereocenters. The van der Waals surface area contributed by atoms with Crippen LogP contribution in [0.4, 0.5) is 0 Å². The summed E-state index contributed by atoms with van der Waals surface area (Å²) in [5, 5.41) is 0. The zero-order chi connectivity index (χ0) is 21.3. The number of para-hydroxylation sites is 1. The summed E-state index contributed by atoms with van der Waals surface area (Å²) < 4.78 is 31.8. The molecule has 156 valence electrons. The maximum absolute atomic E-state index is 13.8. The van der Waals surface area contributed by atoms with E-state index in [1.54, 1.807) is 12.1 Å². The Hall–Kier alpha value is -2.71. The van der Waals surface area contributed by atoms with Gasteiger partial charge >= 0.3 is 7.82 Å². The summed E-state index contributed by atoms with van der Waals surface area (Å²) in [6.45, 7) is 8.21. The topological polar surface area (TPSA) is 44.8 Å². The highest BCUT2D eigenvalue weighted by Gasteiger charge is 2.37. The summed E-state index contributed by atoms with van der Waals surface area (Å²) in [4.78, 5) is 0. The number of hydrogen-bond acceptors (Lipinski definition) is 4. The van der Waals surface area contributed by atoms with Crippen LogP contribution in [-0.2, 0) is 23.8 Å². The van der Waals surface area contributed by atoms with Gasteiger partial charge in [0.2, 0.25) is 0 Å². The molecule has 3 aromatic carbocycles. The summed E-state index contributed by atoms with van der Waals surface area (Å²) in [5.41, 5.74) is 6.30. The van der Waals surface area contributed by atoms with Gasteiger partial charge in [0.05, 0.1) is 0 Å². The number of rotatable bonds is 4. The van der Waals surface area contributed by atoms with Crippen molar-refractivity contribution in [3.63, 3.8) is 0 Å². The van der Waals surface area contributed by atoms with Crippen molar-refractivity contribution in [3.8, 4) is 17.2 Å². The van der Waals surface area contributed by atoms with Gasteiger partial charge in [-0.1, -0.05) is 56.3 Å². The smallest absolute Gasteiger partial charge is 0.386 e. The lowest BCUT2D eigenvalue weighted by molar-refractivity contribution is 0.293. The maximum Gasteiger partial charge on any atom is 0.647 e. The third-order valence-corrected chi connectivity index (χ3v) is 6.63. The minimum atomic E-state index is -3.97. The van der Waals surface area contributed by atoms with Crippen molar-refractivity contribution in [3.05, 3.63) is 88.0 Å². The lowest BCUT2D eigenvalue weighted by Gasteiger charge is -2.27. The molecule has 0 saturated heterocycles. The highest BCUT2D eigenvalue weighted by Crippen LogP contribution is 2.54. The van der Waals surface area contributed by atoms with Crippen LogP contribution < -0.4 is 13.6 Å². The van der Waals surface area contributed by atoms with Crippen LogP contribution in [0.3, 0.4) is 0 Å². The molecule has 0 spiro atoms. The standard InChI is InChI=1S/C25H27O4P/c1-5-19-12-17(3)24-21(14-19)16-22-15-20(6-2)13-18(4)25(22)29-30(26,28-24)27-23-10-8-7-9-11-23/h7-15H,5-6,16H2,1-4H3. The second-order valence-electron chi connectivity index (χ2n) is 7.72. The van der Waals surface area contributed by atoms with E-state index in [2.05, 4.69) is 38.1 Å². The van der Waals surface area contributed by atoms with Crippen molar-refractivity contribution in [2.75, 3.05) is 0 Å². The quantitative estimate of drug-likeness (QED) is 0.426. The van der Waals surface area contributed by atoms with Crippen LogP contribution in [0.15, 0.2) is 54.6 Å². The molecule has 0 saturated carbocycles. The van der Waals surface area contributed by atoms with Crippen LogP contribution in [0.25, 0.3) is 0 Å². The van der Waals surface area contributed by atoms with E-state index in [0.717, 1.165) is 35.1 Å². The molecule has 4 rings (SSSR count). The van der Waals surface area contributed by atoms with E-state index in [4.69, 9.17) is 13.6 Å². The van der Waals surface area contributed by atoms with Gasteiger partial charge in [-0.3, -0.25) is 0 Å². The van der Waals surface area contributed by atoms with Crippen LogP contribution >= 0.6 is 7.82 Å². The Morgan fingerprint density at radius 3 is 1.80 bits per heavy atom. The molecule has 0 amide bonds. The van der Waals surface area contributed by atoms with E-state index in [-0.39, 0.29) is 0 Å². The van der Waals surface area contributed by atoms with Crippen LogP contribution in [0, 0.1) is 13.8 Å². The zero-order valence-electron chi connectivity index (χ0n) is 17.9. The average molecular weight is 422 g/mol. The minimum Gasteiger partial charge on any atom is -0.386 e. The van der Waals surface area contributed by atoms with Gasteiger partial charge in [0, 0.05) is 6.42 Å². The Morgan fingerprint density at radius 2 is 1.33 bits per heavy atom. The Kier molecular flexibility index (Phi) is 5.62. The van der Waals surface area contributed by atoms with Crippen LogP contribution in [-0.4, -0.2) is 0 Å². The number of phosphoric acid groups is 1. The number of fused-ring (bicyclic) bond motifs is 2. The van der Waals surface area contributed by atoms with Gasteiger partial charge in [-0.05, 0) is 72.2 Å². The van der Waals surface area contributed by atoms with Gasteiger partial charge in [-0.15, -0.1) is 0 Å². The van der Waals surface area contributed by atoms with E-state index in [9.17, 15) is 4.57 Å². The Morgan fingerprint density at radius 1 is 0.833 bits per heavy atom. The fourth-order valence-corrected chi connectivity index (χ4v) is 5.34. The molecule has 30 heavy (non-hydrogen) atoms. The van der Waals surface area contributed by atoms with Crippen molar-refractivity contribution in [2.45, 2.75) is 47.0 Å². The SMILES string of the molecule is CCc1cc(C)c2c(c1)Cc1cc(CC)cc(C)c1OP(=O)(Oc1ccccc1)O2. The maximum atomic E-state index is 13.8. The van der Waals surface area contributed by atoms with E-state index in [0.29, 0.717) is 23.7 Å². The lowest BCUT2D eigenvalue weighted by Crippen LogP contribution is -2.14. The summed E-state index contributed by atoms with van der Waals surface area (Å²) in [6.07, 6.45) is 2.49. The molecular weight excluding hydrogens is 395 g/mol. The van der Waals surface area contributed by atoms with Gasteiger partial charge < -0.3 is 13.6 Å². The van der Waals surface area contributed by atoms with E-state index >= 15 is 0 Å². The third kappa shape index (κ3) is 4.11. The van der Waals surface area contributed by atoms with Crippen LogP contribution in [0.2, 0.25) is 0 Å². The van der Waals surface area contributed by atoms with Gasteiger partial charge in [0.1, 0.15) is 17.2 Å². The summed E-state index contributed by atoms with van der Waals surface area (Å²) in [5.74, 6) is 1.60. The van der Waals surface area contributed by atoms with Crippen molar-refractivity contribution in [1.29, 1.82) is 0 Å². The van der Waals surface area contributed by atoms with Crippen LogP contribution in [0.5, 0.6) is 17.2 Å². The van der Waals surface area contributed by atoms with Gasteiger partial charge in [0.15, 0.2) is 0 Å². The number of phosphoric ester groups is 1. The number of aryl methyl sites for hydroxylation is 4. The predicted octanol–water partition coefficient (Wildman–Crippen LogP) is 6.98. The Labute approximate surface area is 178 Å². The molecule has 1 aliphatic rings. The second-order valence-corrected chi connectivity index (χ2v) is 9.16. The fraction of sp³-hybridized carbons (Fsp3) is 0.280. The molecule has 5 heteroatoms. The molecule has 0 aromatic heterocycles. The number of benzene rings is 3. The molecular formula is C25H27O4P. The monoisotopic (exact) mass is 422 g/mol. The summed E-state index contributed by atoms with van der Waals surface area (Å²) in [7, 11) is -3.97. The molecule has 4 nitrogen and oxygen atoms in total. The fourth-order valence-electron chi connectivity index (χ4n) is 3.88. The highest BCUT2D eigenvalue weighted by molar-refractivity contribution is 7.49. The molecule has 1 aliphatic heterocycles. The first-order valence-electron chi connectivity index (χ1n) is 10.4. The molecule has 1 heterocycles. The van der Waals surface area contributed by atoms with E-state index < -0.39 is 7.82 Å². The summed E-state index contributed by atoms with van der Waals surface area (Å²) >= 11 is 0. The van der Waals surface area contributed by atoms with Crippen molar-refractivity contribution in [2.24, 2.45) is 0 Å². The molecule has 0 fully saturated rings. The van der Waals surface area contributed by atoms with E-state index in [1.165, 1.54) is 11.1 Å². The summed E-state index contributed by atoms with van der Waals surface area (Å²) in [6, 6.07) is 17.4. The van der Waals surface area contributed by atoms with Crippen molar-refractivity contribution >= 4 is 7.82 Å². The first kappa shape index (κ1) is 20.6. The van der Waals surface area contributed by atoms with Crippen molar-refractivity contribution < 1.29 is 18.1 Å². The second kappa shape index (κ2) is 8.20. The molecule has 0 N–H and O–H groups in total. The normalized spacial score (nSPS) is 14.4. The average Bonchev–Trinajstić information content (AvgIpc) is 2.72. The molecule has 0 aliphatic carbocycles. The van der Waals surface area contributed by atoms with Gasteiger partial charge in [0.25, 0.3) is 0 Å². The first-order valence-corrected chi connectivity index (χ1v) is 11.9. The highest BCUT2D eigenvalue weighted by atomic mass is 31.2. The molecule has 0 radical (unpaired) electrons. The van der Waals surface area contributed by atoms with Crippen LogP contribution in [0.1, 0.15) is 47.2 Å². The molecule has 0 bridgehead atoms. The van der Waals surface area contributed by atoms with Gasteiger partial charge in [-0.25, -0.2) is 0 Å². The largest absolute Gasteiger partial charge is 0.647 e. The lowest BCUT2D eigenvalue weighted by atomic mass is 9.94. The van der Waals surface area contributed by atoms with E-state index in [1.807, 2.05) is 32.0 Å². The Bertz CT molecular complexity index is 1060. The van der Waals surface area contributed by atoms with Gasteiger partial charge in [-0.2, -0.15) is 4.57 Å². The number of hydrogen-bond donors (Lipinski definition) is 0.